The molecule has 0 atom stereocenters. The largest absolute Gasteiger partial charge is 0.456 e. The zero-order chi connectivity index (χ0) is 13.6. The van der Waals surface area contributed by atoms with Crippen LogP contribution < -0.4 is 13.8 Å². The van der Waals surface area contributed by atoms with Crippen molar-refractivity contribution in [2.24, 2.45) is 5.90 Å². The van der Waals surface area contributed by atoms with Gasteiger partial charge in [0.1, 0.15) is 16.9 Å². The SMILES string of the molecule is Cc1cc2oc3cc(C)c(OI)cc3c2cc1ON. The molecule has 0 spiro atoms. The monoisotopic (exact) mass is 369 g/mol. The second kappa shape index (κ2) is 4.57. The van der Waals surface area contributed by atoms with Gasteiger partial charge in [-0.05, 0) is 49.2 Å². The normalized spacial score (nSPS) is 11.2. The Morgan fingerprint density at radius 2 is 1.47 bits per heavy atom. The number of nitrogens with two attached hydrogens (primary N) is 1. The smallest absolute Gasteiger partial charge is 0.192 e. The second-order valence-corrected chi connectivity index (χ2v) is 4.97. The third kappa shape index (κ3) is 1.93. The van der Waals surface area contributed by atoms with Crippen LogP contribution in [0, 0.1) is 13.8 Å². The molecule has 4 nitrogen and oxygen atoms in total. The Morgan fingerprint density at radius 1 is 0.947 bits per heavy atom. The molecule has 0 fully saturated rings. The zero-order valence-corrected chi connectivity index (χ0v) is 12.6. The fourth-order valence-corrected chi connectivity index (χ4v) is 2.72. The molecule has 0 amide bonds. The lowest BCUT2D eigenvalue weighted by atomic mass is 10.1. The van der Waals surface area contributed by atoms with Crippen molar-refractivity contribution in [3.63, 3.8) is 0 Å². The molecule has 0 aliphatic heterocycles. The average molecular weight is 369 g/mol. The van der Waals surface area contributed by atoms with Crippen molar-refractivity contribution in [3.8, 4) is 11.5 Å². The fraction of sp³-hybridized carbons (Fsp3) is 0.143. The lowest BCUT2D eigenvalue weighted by Crippen LogP contribution is -2.02. The van der Waals surface area contributed by atoms with Gasteiger partial charge in [-0.15, -0.1) is 0 Å². The second-order valence-electron chi connectivity index (χ2n) is 4.52. The number of benzene rings is 2. The number of fused-ring (bicyclic) bond motifs is 3. The molecule has 98 valence electrons. The maximum Gasteiger partial charge on any atom is 0.192 e. The average Bonchev–Trinajstić information content (AvgIpc) is 2.72. The van der Waals surface area contributed by atoms with Crippen LogP contribution in [0.4, 0.5) is 0 Å². The van der Waals surface area contributed by atoms with E-state index in [0.717, 1.165) is 38.8 Å². The van der Waals surface area contributed by atoms with E-state index in [1.807, 2.05) is 61.1 Å². The van der Waals surface area contributed by atoms with Gasteiger partial charge in [-0.25, -0.2) is 0 Å². The summed E-state index contributed by atoms with van der Waals surface area (Å²) < 4.78 is 11.2. The molecule has 2 aromatic carbocycles. The molecule has 5 heteroatoms. The van der Waals surface area contributed by atoms with Gasteiger partial charge in [-0.1, -0.05) is 0 Å². The Kier molecular flexibility index (Phi) is 3.02. The maximum absolute atomic E-state index is 5.86. The van der Waals surface area contributed by atoms with E-state index in [1.165, 1.54) is 0 Å². The van der Waals surface area contributed by atoms with Crippen molar-refractivity contribution in [3.05, 3.63) is 35.4 Å². The fourth-order valence-electron chi connectivity index (χ4n) is 2.24. The van der Waals surface area contributed by atoms with E-state index in [4.69, 9.17) is 18.2 Å². The molecule has 3 aromatic rings. The van der Waals surface area contributed by atoms with Gasteiger partial charge in [0.05, 0.1) is 0 Å². The minimum absolute atomic E-state index is 0.646. The van der Waals surface area contributed by atoms with Crippen LogP contribution in [0.15, 0.2) is 28.7 Å². The van der Waals surface area contributed by atoms with Gasteiger partial charge in [0.15, 0.2) is 28.8 Å². The van der Waals surface area contributed by atoms with E-state index in [0.29, 0.717) is 5.75 Å². The van der Waals surface area contributed by atoms with Gasteiger partial charge in [-0.3, -0.25) is 0 Å². The standard InChI is InChI=1S/C14H12INO3/c1-7-3-13-9(5-11(7)18-15)10-6-12(19-16)8(2)4-14(10)17-13/h3-6H,16H2,1-2H3. The predicted molar refractivity (Wildman–Crippen MR) is 82.7 cm³/mol. The first kappa shape index (κ1) is 12.6. The number of halogens is 1. The number of aryl methyl sites for hydroxylation is 2. The summed E-state index contributed by atoms with van der Waals surface area (Å²) in [7, 11) is 0. The molecule has 1 aromatic heterocycles. The van der Waals surface area contributed by atoms with Gasteiger partial charge < -0.3 is 12.3 Å². The third-order valence-electron chi connectivity index (χ3n) is 3.27. The minimum Gasteiger partial charge on any atom is -0.456 e. The van der Waals surface area contributed by atoms with Crippen molar-refractivity contribution in [1.82, 2.24) is 0 Å². The van der Waals surface area contributed by atoms with Gasteiger partial charge >= 0.3 is 0 Å². The highest BCUT2D eigenvalue weighted by Crippen LogP contribution is 2.36. The topological polar surface area (TPSA) is 57.6 Å². The van der Waals surface area contributed by atoms with E-state index >= 15 is 0 Å². The summed E-state index contributed by atoms with van der Waals surface area (Å²) in [4.78, 5) is 4.88. The van der Waals surface area contributed by atoms with Crippen molar-refractivity contribution >= 4 is 44.9 Å². The highest BCUT2D eigenvalue weighted by atomic mass is 127. The highest BCUT2D eigenvalue weighted by molar-refractivity contribution is 14.1. The molecule has 1 heterocycles. The van der Waals surface area contributed by atoms with Gasteiger partial charge in [-0.2, -0.15) is 5.90 Å². The van der Waals surface area contributed by atoms with Crippen LogP contribution >= 0.6 is 23.0 Å². The molecular weight excluding hydrogens is 357 g/mol. The Bertz CT molecular complexity index is 715. The number of rotatable bonds is 2. The van der Waals surface area contributed by atoms with Crippen molar-refractivity contribution in [1.29, 1.82) is 0 Å². The summed E-state index contributed by atoms with van der Waals surface area (Å²) in [5.41, 5.74) is 3.63. The zero-order valence-electron chi connectivity index (χ0n) is 10.5. The predicted octanol–water partition coefficient (Wildman–Crippen LogP) is 4.18. The number of furan rings is 1. The first-order valence-corrected chi connectivity index (χ1v) is 6.65. The van der Waals surface area contributed by atoms with E-state index in [2.05, 4.69) is 0 Å². The molecule has 0 bridgehead atoms. The van der Waals surface area contributed by atoms with E-state index in [1.54, 1.807) is 0 Å². The van der Waals surface area contributed by atoms with E-state index in [-0.39, 0.29) is 0 Å². The molecule has 0 saturated carbocycles. The summed E-state index contributed by atoms with van der Waals surface area (Å²) in [6.45, 7) is 3.92. The van der Waals surface area contributed by atoms with Crippen LogP contribution in [0.2, 0.25) is 0 Å². The number of hydrogen-bond donors (Lipinski definition) is 1. The summed E-state index contributed by atoms with van der Waals surface area (Å²) in [5, 5.41) is 1.96. The number of hydrogen-bond acceptors (Lipinski definition) is 4. The van der Waals surface area contributed by atoms with Crippen LogP contribution in [0.25, 0.3) is 21.9 Å². The van der Waals surface area contributed by atoms with E-state index in [9.17, 15) is 0 Å². The van der Waals surface area contributed by atoms with E-state index < -0.39 is 0 Å². The van der Waals surface area contributed by atoms with Crippen LogP contribution in [-0.2, 0) is 0 Å². The van der Waals surface area contributed by atoms with Crippen LogP contribution in [-0.4, -0.2) is 0 Å². The summed E-state index contributed by atoms with van der Waals surface area (Å²) in [6, 6.07) is 7.76. The summed E-state index contributed by atoms with van der Waals surface area (Å²) in [5.74, 6) is 6.75. The lowest BCUT2D eigenvalue weighted by Gasteiger charge is -2.03. The minimum atomic E-state index is 0.646. The molecule has 0 unspecified atom stereocenters. The molecule has 19 heavy (non-hydrogen) atoms. The molecule has 2 N–H and O–H groups in total. The molecule has 0 radical (unpaired) electrons. The Balaban J connectivity index is 2.41. The summed E-state index contributed by atoms with van der Waals surface area (Å²) >= 11 is 1.88. The van der Waals surface area contributed by atoms with Crippen LogP contribution in [0.1, 0.15) is 11.1 Å². The first-order chi connectivity index (χ1) is 9.13. The Labute approximate surface area is 124 Å². The highest BCUT2D eigenvalue weighted by Gasteiger charge is 2.13. The maximum atomic E-state index is 5.86. The van der Waals surface area contributed by atoms with Crippen LogP contribution in [0.5, 0.6) is 11.5 Å². The van der Waals surface area contributed by atoms with Crippen LogP contribution in [0.3, 0.4) is 0 Å². The third-order valence-corrected chi connectivity index (χ3v) is 3.75. The molecule has 0 saturated heterocycles. The summed E-state index contributed by atoms with van der Waals surface area (Å²) in [6.07, 6.45) is 0. The Hall–Kier alpha value is -1.47. The first-order valence-electron chi connectivity index (χ1n) is 5.77. The molecule has 3 rings (SSSR count). The quantitative estimate of drug-likeness (QED) is 0.544. The van der Waals surface area contributed by atoms with Gasteiger partial charge in [0.25, 0.3) is 0 Å². The van der Waals surface area contributed by atoms with Crippen molar-refractivity contribution in [2.75, 3.05) is 0 Å². The molecule has 0 aliphatic rings. The van der Waals surface area contributed by atoms with Crippen molar-refractivity contribution < 1.29 is 12.3 Å². The molecular formula is C14H12INO3. The Morgan fingerprint density at radius 3 is 2.00 bits per heavy atom. The van der Waals surface area contributed by atoms with Gasteiger partial charge in [0, 0.05) is 10.8 Å². The molecule has 0 aliphatic carbocycles. The lowest BCUT2D eigenvalue weighted by molar-refractivity contribution is 0.332. The van der Waals surface area contributed by atoms with Crippen molar-refractivity contribution in [2.45, 2.75) is 13.8 Å². The van der Waals surface area contributed by atoms with Gasteiger partial charge in [0.2, 0.25) is 0 Å².